The van der Waals surface area contributed by atoms with Crippen LogP contribution in [0.1, 0.15) is 103 Å². The molecule has 4 unspecified atom stereocenters. The van der Waals surface area contributed by atoms with E-state index in [1.165, 1.54) is 36.8 Å². The summed E-state index contributed by atoms with van der Waals surface area (Å²) in [6.07, 6.45) is 7.12. The van der Waals surface area contributed by atoms with Crippen molar-refractivity contribution in [1.29, 1.82) is 0 Å². The van der Waals surface area contributed by atoms with Gasteiger partial charge in [-0.15, -0.1) is 0 Å². The summed E-state index contributed by atoms with van der Waals surface area (Å²) >= 11 is -6.91. The molecule has 0 aliphatic rings. The first kappa shape index (κ1) is 31.1. The maximum absolute atomic E-state index is 7.67. The first-order valence-corrected chi connectivity index (χ1v) is 26.8. The van der Waals surface area contributed by atoms with Crippen molar-refractivity contribution < 1.29 is 7.56 Å². The monoisotopic (exact) mass is 698 g/mol. The van der Waals surface area contributed by atoms with Gasteiger partial charge in [0, 0.05) is 0 Å². The van der Waals surface area contributed by atoms with Gasteiger partial charge in [-0.05, 0) is 0 Å². The van der Waals surface area contributed by atoms with E-state index in [0.717, 1.165) is 30.6 Å². The van der Waals surface area contributed by atoms with Crippen LogP contribution in [0.5, 0.6) is 0 Å². The summed E-state index contributed by atoms with van der Waals surface area (Å²) in [4.78, 5) is 0. The van der Waals surface area contributed by atoms with E-state index in [1.54, 1.807) is 0 Å². The number of unbranched alkanes of at least 4 members (excludes halogenated alkanes) is 2. The summed E-state index contributed by atoms with van der Waals surface area (Å²) in [5.74, 6) is 0. The second-order valence-electron chi connectivity index (χ2n) is 9.97. The molecule has 3 nitrogen and oxygen atoms in total. The van der Waals surface area contributed by atoms with Crippen LogP contribution in [0.15, 0.2) is 60.7 Å². The molecule has 0 bridgehead atoms. The van der Waals surface area contributed by atoms with Gasteiger partial charge in [-0.1, -0.05) is 0 Å². The normalized spacial score (nSPS) is 16.9. The van der Waals surface area contributed by atoms with E-state index in [0.29, 0.717) is 0 Å². The minimum absolute atomic E-state index is 0.0683. The second kappa shape index (κ2) is 16.7. The first-order valence-electron chi connectivity index (χ1n) is 14.1. The molecule has 0 spiro atoms. The van der Waals surface area contributed by atoms with E-state index in [4.69, 9.17) is 7.56 Å². The predicted molar refractivity (Wildman–Crippen MR) is 154 cm³/mol. The molecule has 196 valence electrons. The Morgan fingerprint density at radius 3 is 1.23 bits per heavy atom. The van der Waals surface area contributed by atoms with Gasteiger partial charge in [0.25, 0.3) is 0 Å². The fourth-order valence-electron chi connectivity index (χ4n) is 4.96. The Kier molecular flexibility index (Phi) is 14.9. The molecule has 0 saturated carbocycles. The van der Waals surface area contributed by atoms with E-state index in [-0.39, 0.29) is 12.2 Å². The average Bonchev–Trinajstić information content (AvgIpc) is 2.87. The van der Waals surface area contributed by atoms with E-state index >= 15 is 0 Å². The molecule has 0 fully saturated rings. The summed E-state index contributed by atoms with van der Waals surface area (Å²) in [7, 11) is 0. The summed E-state index contributed by atoms with van der Waals surface area (Å²) in [5, 5.41) is 0. The van der Waals surface area contributed by atoms with Crippen molar-refractivity contribution in [1.82, 2.24) is 0 Å². The quantitative estimate of drug-likeness (QED) is 0.145. The van der Waals surface area contributed by atoms with Gasteiger partial charge in [-0.25, -0.2) is 0 Å². The third-order valence-corrected chi connectivity index (χ3v) is 41.2. The SMILES string of the molecule is CCC[CH2][Sn]([CH2]CC)([O]C(C)c1ccccc1)[O][Sn]([CH2]CC)([CH2]CCC)[O]C(C)c1ccccc1. The van der Waals surface area contributed by atoms with E-state index < -0.39 is 38.4 Å². The summed E-state index contributed by atoms with van der Waals surface area (Å²) in [6.45, 7) is 13.6. The molecule has 0 aliphatic heterocycles. The predicted octanol–water partition coefficient (Wildman–Crippen LogP) is 9.86. The first-order chi connectivity index (χ1) is 16.9. The van der Waals surface area contributed by atoms with Gasteiger partial charge in [0.05, 0.1) is 0 Å². The summed E-state index contributed by atoms with van der Waals surface area (Å²) in [5.41, 5.74) is 2.52. The van der Waals surface area contributed by atoms with Gasteiger partial charge < -0.3 is 0 Å². The van der Waals surface area contributed by atoms with Crippen LogP contribution < -0.4 is 0 Å². The molecule has 4 atom stereocenters. The van der Waals surface area contributed by atoms with E-state index in [9.17, 15) is 0 Å². The molecule has 0 amide bonds. The third-order valence-electron chi connectivity index (χ3n) is 6.78. The Hall–Kier alpha value is -0.0826. The summed E-state index contributed by atoms with van der Waals surface area (Å²) < 4.78 is 26.6. The minimum atomic E-state index is -3.46. The zero-order valence-corrected chi connectivity index (χ0v) is 28.9. The van der Waals surface area contributed by atoms with Crippen molar-refractivity contribution >= 4 is 38.4 Å². The van der Waals surface area contributed by atoms with Gasteiger partial charge in [0.2, 0.25) is 0 Å². The zero-order valence-electron chi connectivity index (χ0n) is 23.2. The molecule has 5 heteroatoms. The van der Waals surface area contributed by atoms with Crippen LogP contribution in [0.3, 0.4) is 0 Å². The number of hydrogen-bond donors (Lipinski definition) is 0. The Labute approximate surface area is 226 Å². The van der Waals surface area contributed by atoms with Gasteiger partial charge in [-0.2, -0.15) is 0 Å². The molecule has 2 rings (SSSR count). The number of benzene rings is 2. The van der Waals surface area contributed by atoms with Gasteiger partial charge in [0.1, 0.15) is 0 Å². The zero-order chi connectivity index (χ0) is 25.6. The van der Waals surface area contributed by atoms with Crippen LogP contribution in [0, 0.1) is 0 Å². The molecule has 0 aliphatic carbocycles. The summed E-state index contributed by atoms with van der Waals surface area (Å²) in [6, 6.07) is 21.4. The van der Waals surface area contributed by atoms with Crippen LogP contribution in [0.25, 0.3) is 0 Å². The molecule has 0 aromatic heterocycles. The Morgan fingerprint density at radius 2 is 0.914 bits per heavy atom. The van der Waals surface area contributed by atoms with Crippen molar-refractivity contribution in [3.8, 4) is 0 Å². The van der Waals surface area contributed by atoms with Crippen molar-refractivity contribution in [2.75, 3.05) is 0 Å². The van der Waals surface area contributed by atoms with Crippen molar-refractivity contribution in [3.05, 3.63) is 71.8 Å². The molecule has 2 aromatic rings. The standard InChI is InChI=1S/2C8H9O.2C4H9.2C3H7.O.2Sn/c2*1-7(9)8-5-3-2-4-6-8;2*1-3-4-2;2*1-3-2;;;/h2*2-7H,1H3;2*1,3-4H2,2H3;2*1,3H2,2H3;;;/q2*-1;;;;;;2*+1. The fraction of sp³-hybridized carbons (Fsp3) is 0.600. The molecule has 0 N–H and O–H groups in total. The molecule has 0 heterocycles. The van der Waals surface area contributed by atoms with Crippen LogP contribution >= 0.6 is 0 Å². The van der Waals surface area contributed by atoms with E-state index in [2.05, 4.69) is 102 Å². The van der Waals surface area contributed by atoms with Gasteiger partial charge in [-0.3, -0.25) is 0 Å². The second-order valence-corrected chi connectivity index (χ2v) is 31.9. The maximum atomic E-state index is 7.67. The molecule has 0 saturated heterocycles. The van der Waals surface area contributed by atoms with Crippen molar-refractivity contribution in [3.63, 3.8) is 0 Å². The molecule has 2 aromatic carbocycles. The number of rotatable bonds is 18. The topological polar surface area (TPSA) is 27.7 Å². The van der Waals surface area contributed by atoms with Crippen molar-refractivity contribution in [2.24, 2.45) is 0 Å². The van der Waals surface area contributed by atoms with Crippen LogP contribution in [-0.2, 0) is 7.56 Å². The van der Waals surface area contributed by atoms with E-state index in [1.807, 2.05) is 0 Å². The third kappa shape index (κ3) is 10.3. The van der Waals surface area contributed by atoms with Crippen LogP contribution in [-0.4, -0.2) is 38.4 Å². The molecular formula is C30H50O3Sn2. The van der Waals surface area contributed by atoms with Crippen LogP contribution in [0.2, 0.25) is 17.7 Å². The molecular weight excluding hydrogens is 646 g/mol. The Bertz CT molecular complexity index is 736. The fourth-order valence-corrected chi connectivity index (χ4v) is 47.6. The van der Waals surface area contributed by atoms with Crippen LogP contribution in [0.4, 0.5) is 0 Å². The average molecular weight is 696 g/mol. The Morgan fingerprint density at radius 1 is 0.543 bits per heavy atom. The number of hydrogen-bond acceptors (Lipinski definition) is 3. The molecule has 0 radical (unpaired) electrons. The Balaban J connectivity index is 2.44. The van der Waals surface area contributed by atoms with Gasteiger partial charge in [0.15, 0.2) is 0 Å². The molecule has 35 heavy (non-hydrogen) atoms. The van der Waals surface area contributed by atoms with Gasteiger partial charge >= 0.3 is 228 Å². The van der Waals surface area contributed by atoms with Crippen molar-refractivity contribution in [2.45, 2.75) is 110 Å².